The van der Waals surface area contributed by atoms with Crippen LogP contribution in [-0.4, -0.2) is 0 Å². The van der Waals surface area contributed by atoms with E-state index in [0.29, 0.717) is 5.92 Å². The maximum Gasteiger partial charge on any atom is 0.0662 e. The summed E-state index contributed by atoms with van der Waals surface area (Å²) in [5.41, 5.74) is 2.81. The maximum absolute atomic E-state index is 9.72. The van der Waals surface area contributed by atoms with E-state index in [0.717, 1.165) is 12.3 Å². The van der Waals surface area contributed by atoms with E-state index in [1.165, 1.54) is 94.6 Å². The highest BCUT2D eigenvalue weighted by atomic mass is 14.4. The fraction of sp³-hybridized carbons (Fsp3) is 0.731. The second-order valence-electron chi connectivity index (χ2n) is 8.84. The lowest BCUT2D eigenvalue weighted by atomic mass is 9.73. The van der Waals surface area contributed by atoms with Crippen LogP contribution >= 0.6 is 0 Å². The summed E-state index contributed by atoms with van der Waals surface area (Å²) in [6.07, 6.45) is 18.2. The Balaban J connectivity index is 1.73. The Morgan fingerprint density at radius 2 is 1.48 bits per heavy atom. The molecular weight excluding hydrogens is 326 g/mol. The first-order valence-corrected chi connectivity index (χ1v) is 11.7. The largest absolute Gasteiger partial charge is 0.198 e. The van der Waals surface area contributed by atoms with Crippen molar-refractivity contribution in [2.75, 3.05) is 0 Å². The van der Waals surface area contributed by atoms with E-state index >= 15 is 0 Å². The molecule has 150 valence electrons. The number of unbranched alkanes of at least 4 members (excludes halogenated alkanes) is 5. The van der Waals surface area contributed by atoms with E-state index in [1.54, 1.807) is 0 Å². The van der Waals surface area contributed by atoms with Gasteiger partial charge in [-0.15, -0.1) is 0 Å². The number of nitrogens with zero attached hydrogens (tertiary/aromatic N) is 1. The van der Waals surface area contributed by atoms with Crippen molar-refractivity contribution in [2.24, 2.45) is 17.8 Å². The van der Waals surface area contributed by atoms with Crippen molar-refractivity contribution in [1.29, 1.82) is 5.26 Å². The maximum atomic E-state index is 9.72. The van der Waals surface area contributed by atoms with Crippen LogP contribution in [0.5, 0.6) is 0 Å². The summed E-state index contributed by atoms with van der Waals surface area (Å²) < 4.78 is 0. The third-order valence-corrected chi connectivity index (χ3v) is 6.62. The average molecular weight is 368 g/mol. The van der Waals surface area contributed by atoms with Crippen molar-refractivity contribution in [2.45, 2.75) is 104 Å². The molecule has 1 aromatic carbocycles. The molecule has 0 aromatic heterocycles. The van der Waals surface area contributed by atoms with E-state index in [9.17, 15) is 5.26 Å². The number of benzene rings is 1. The molecule has 2 rings (SSSR count). The molecular formula is C26H41N. The van der Waals surface area contributed by atoms with Gasteiger partial charge in [-0.05, 0) is 55.1 Å². The predicted octanol–water partition coefficient (Wildman–Crippen LogP) is 7.88. The van der Waals surface area contributed by atoms with Gasteiger partial charge in [-0.2, -0.15) is 5.26 Å². The fourth-order valence-electron chi connectivity index (χ4n) is 4.81. The normalized spacial score (nSPS) is 20.9. The standard InChI is InChI=1S/C26H41N/c1-3-5-6-7-8-9-11-23-12-14-24(15-13-23)20-26(21-27)25-18-16-22(10-4-2)17-19-25/h12-15,22,25-26H,3-11,16-20H2,1-2H3. The highest BCUT2D eigenvalue weighted by molar-refractivity contribution is 5.24. The van der Waals surface area contributed by atoms with Gasteiger partial charge in [0.2, 0.25) is 0 Å². The third kappa shape index (κ3) is 8.08. The van der Waals surface area contributed by atoms with Gasteiger partial charge in [0, 0.05) is 0 Å². The van der Waals surface area contributed by atoms with Gasteiger partial charge >= 0.3 is 0 Å². The van der Waals surface area contributed by atoms with Crippen LogP contribution in [0.3, 0.4) is 0 Å². The Morgan fingerprint density at radius 3 is 2.11 bits per heavy atom. The summed E-state index contributed by atoms with van der Waals surface area (Å²) in [4.78, 5) is 0. The average Bonchev–Trinajstić information content (AvgIpc) is 2.71. The number of nitriles is 1. The zero-order valence-corrected chi connectivity index (χ0v) is 17.9. The van der Waals surface area contributed by atoms with Crippen molar-refractivity contribution in [3.63, 3.8) is 0 Å². The van der Waals surface area contributed by atoms with E-state index in [1.807, 2.05) is 0 Å². The molecule has 0 spiro atoms. The van der Waals surface area contributed by atoms with Crippen LogP contribution in [-0.2, 0) is 12.8 Å². The van der Waals surface area contributed by atoms with E-state index in [2.05, 4.69) is 44.2 Å². The summed E-state index contributed by atoms with van der Waals surface area (Å²) in [5, 5.41) is 9.72. The summed E-state index contributed by atoms with van der Waals surface area (Å²) in [6, 6.07) is 11.8. The molecule has 1 aliphatic rings. The van der Waals surface area contributed by atoms with Crippen LogP contribution in [0.15, 0.2) is 24.3 Å². The molecule has 1 aromatic rings. The number of hydrogen-bond acceptors (Lipinski definition) is 1. The number of rotatable bonds is 12. The van der Waals surface area contributed by atoms with Crippen LogP contribution in [0.25, 0.3) is 0 Å². The Morgan fingerprint density at radius 1 is 0.852 bits per heavy atom. The Bertz CT molecular complexity index is 530. The lowest BCUT2D eigenvalue weighted by molar-refractivity contribution is 0.223. The molecule has 1 heteroatoms. The van der Waals surface area contributed by atoms with Gasteiger partial charge in [-0.1, -0.05) is 95.9 Å². The lowest BCUT2D eigenvalue weighted by Crippen LogP contribution is -2.22. The molecule has 0 aliphatic heterocycles. The third-order valence-electron chi connectivity index (χ3n) is 6.62. The molecule has 1 nitrogen and oxygen atoms in total. The van der Waals surface area contributed by atoms with Gasteiger partial charge in [0.1, 0.15) is 0 Å². The monoisotopic (exact) mass is 367 g/mol. The first kappa shape index (κ1) is 22.0. The molecule has 0 saturated heterocycles. The minimum atomic E-state index is 0.206. The van der Waals surface area contributed by atoms with Crippen molar-refractivity contribution >= 4 is 0 Å². The van der Waals surface area contributed by atoms with Gasteiger partial charge in [-0.3, -0.25) is 0 Å². The van der Waals surface area contributed by atoms with Gasteiger partial charge in [-0.25, -0.2) is 0 Å². The summed E-state index contributed by atoms with van der Waals surface area (Å²) in [5.74, 6) is 1.75. The zero-order valence-electron chi connectivity index (χ0n) is 17.9. The van der Waals surface area contributed by atoms with Crippen molar-refractivity contribution in [1.82, 2.24) is 0 Å². The van der Waals surface area contributed by atoms with Crippen LogP contribution in [0.2, 0.25) is 0 Å². The van der Waals surface area contributed by atoms with Crippen molar-refractivity contribution in [3.05, 3.63) is 35.4 Å². The smallest absolute Gasteiger partial charge is 0.0662 e. The molecule has 0 N–H and O–H groups in total. The quantitative estimate of drug-likeness (QED) is 0.345. The zero-order chi connectivity index (χ0) is 19.3. The topological polar surface area (TPSA) is 23.8 Å². The Labute approximate surface area is 168 Å². The highest BCUT2D eigenvalue weighted by Gasteiger charge is 2.27. The molecule has 1 fully saturated rings. The fourth-order valence-corrected chi connectivity index (χ4v) is 4.81. The number of hydrogen-bond donors (Lipinski definition) is 0. The van der Waals surface area contributed by atoms with Crippen LogP contribution in [0, 0.1) is 29.1 Å². The molecule has 1 aliphatic carbocycles. The lowest BCUT2D eigenvalue weighted by Gasteiger charge is -2.31. The minimum absolute atomic E-state index is 0.206. The Hall–Kier alpha value is -1.29. The second-order valence-corrected chi connectivity index (χ2v) is 8.84. The van der Waals surface area contributed by atoms with Gasteiger partial charge < -0.3 is 0 Å². The second kappa shape index (κ2) is 13.0. The van der Waals surface area contributed by atoms with Crippen LogP contribution < -0.4 is 0 Å². The number of aryl methyl sites for hydroxylation is 1. The van der Waals surface area contributed by atoms with E-state index in [-0.39, 0.29) is 5.92 Å². The van der Waals surface area contributed by atoms with E-state index in [4.69, 9.17) is 0 Å². The SMILES string of the molecule is CCCCCCCCc1ccc(CC(C#N)C2CCC(CCC)CC2)cc1. The van der Waals surface area contributed by atoms with Gasteiger partial charge in [0.05, 0.1) is 12.0 Å². The molecule has 1 saturated carbocycles. The van der Waals surface area contributed by atoms with Crippen molar-refractivity contribution in [3.8, 4) is 6.07 Å². The highest BCUT2D eigenvalue weighted by Crippen LogP contribution is 2.36. The summed E-state index contributed by atoms with van der Waals surface area (Å²) >= 11 is 0. The predicted molar refractivity (Wildman–Crippen MR) is 117 cm³/mol. The van der Waals surface area contributed by atoms with Gasteiger partial charge in [0.15, 0.2) is 0 Å². The Kier molecular flexibility index (Phi) is 10.6. The molecule has 27 heavy (non-hydrogen) atoms. The van der Waals surface area contributed by atoms with E-state index < -0.39 is 0 Å². The van der Waals surface area contributed by atoms with Crippen LogP contribution in [0.4, 0.5) is 0 Å². The minimum Gasteiger partial charge on any atom is -0.198 e. The van der Waals surface area contributed by atoms with Crippen LogP contribution in [0.1, 0.15) is 102 Å². The molecule has 1 unspecified atom stereocenters. The van der Waals surface area contributed by atoms with Gasteiger partial charge in [0.25, 0.3) is 0 Å². The summed E-state index contributed by atoms with van der Waals surface area (Å²) in [7, 11) is 0. The molecule has 0 radical (unpaired) electrons. The molecule has 1 atom stereocenters. The first-order valence-electron chi connectivity index (χ1n) is 11.7. The molecule has 0 bridgehead atoms. The first-order chi connectivity index (χ1) is 13.3. The molecule has 0 heterocycles. The van der Waals surface area contributed by atoms with Crippen molar-refractivity contribution < 1.29 is 0 Å². The summed E-state index contributed by atoms with van der Waals surface area (Å²) in [6.45, 7) is 4.57. The molecule has 0 amide bonds.